The van der Waals surface area contributed by atoms with Gasteiger partial charge >= 0.3 is 0 Å². The highest BCUT2D eigenvalue weighted by Gasteiger charge is 2.40. The molecule has 2 heterocycles. The van der Waals surface area contributed by atoms with Crippen LogP contribution < -0.4 is 20.7 Å². The number of hydrogen-bond acceptors (Lipinski definition) is 0. The Kier molecular flexibility index (Phi) is 7.26. The summed E-state index contributed by atoms with van der Waals surface area (Å²) in [6, 6.07) is 69.0. The van der Waals surface area contributed by atoms with Crippen LogP contribution in [0.5, 0.6) is 0 Å². The van der Waals surface area contributed by atoms with Gasteiger partial charge in [-0.15, -0.1) is 0 Å². The first kappa shape index (κ1) is 33.3. The predicted molar refractivity (Wildman–Crippen MR) is 248 cm³/mol. The lowest BCUT2D eigenvalue weighted by Gasteiger charge is -2.25. The molecule has 2 heteroatoms. The molecule has 0 radical (unpaired) electrons. The Hall–Kier alpha value is -6.07. The molecule has 0 unspecified atom stereocenters. The first-order chi connectivity index (χ1) is 27.3. The molecule has 0 atom stereocenters. The van der Waals surface area contributed by atoms with Crippen LogP contribution in [0.4, 0.5) is 0 Å². The van der Waals surface area contributed by atoms with Gasteiger partial charge in [0.05, 0.1) is 0 Å². The average molecular weight is 747 g/mol. The fourth-order valence-corrected chi connectivity index (χ4v) is 17.5. The van der Waals surface area contributed by atoms with Crippen molar-refractivity contribution in [2.45, 2.75) is 26.2 Å². The molecule has 2 aliphatic heterocycles. The molecule has 266 valence electrons. The van der Waals surface area contributed by atoms with Crippen molar-refractivity contribution in [3.63, 3.8) is 0 Å². The molecule has 0 amide bonds. The summed E-state index contributed by atoms with van der Waals surface area (Å²) in [4.78, 5) is 0. The number of rotatable bonds is 4. The molecule has 0 spiro atoms. The summed E-state index contributed by atoms with van der Waals surface area (Å²) in [5.41, 5.74) is 16.1. The highest BCUT2D eigenvalue weighted by molar-refractivity contribution is 7.05. The maximum Gasteiger partial charge on any atom is 0.114 e. The predicted octanol–water partition coefficient (Wildman–Crippen LogP) is 12.3. The van der Waals surface area contributed by atoms with Crippen LogP contribution in [0.25, 0.3) is 88.3 Å². The summed E-state index contributed by atoms with van der Waals surface area (Å²) >= 11 is 0. The Morgan fingerprint density at radius 3 is 1.12 bits per heavy atom. The number of fused-ring (bicyclic) bond motifs is 8. The van der Waals surface area contributed by atoms with E-state index in [0.29, 0.717) is 0 Å². The Morgan fingerprint density at radius 2 is 0.625 bits per heavy atom. The molecule has 0 aliphatic carbocycles. The molecule has 0 nitrogen and oxygen atoms in total. The third kappa shape index (κ3) is 4.70. The van der Waals surface area contributed by atoms with Crippen LogP contribution in [0.15, 0.2) is 182 Å². The third-order valence-corrected chi connectivity index (χ3v) is 20.2. The minimum atomic E-state index is -1.98. The minimum absolute atomic E-state index is 1.23. The molecule has 0 fully saturated rings. The van der Waals surface area contributed by atoms with Gasteiger partial charge in [-0.25, -0.2) is 0 Å². The highest BCUT2D eigenvalue weighted by atomic mass is 28.3. The van der Waals surface area contributed by atoms with Crippen LogP contribution in [-0.2, 0) is 0 Å². The zero-order valence-electron chi connectivity index (χ0n) is 32.3. The summed E-state index contributed by atoms with van der Waals surface area (Å²) in [7, 11) is -3.97. The van der Waals surface area contributed by atoms with Crippen molar-refractivity contribution < 1.29 is 0 Å². The van der Waals surface area contributed by atoms with Gasteiger partial charge in [0, 0.05) is 0 Å². The molecule has 0 aromatic heterocycles. The monoisotopic (exact) mass is 746 g/mol. The summed E-state index contributed by atoms with van der Waals surface area (Å²) in [5, 5.41) is 11.4. The van der Waals surface area contributed by atoms with Crippen LogP contribution in [0.3, 0.4) is 0 Å². The topological polar surface area (TPSA) is 0 Å². The van der Waals surface area contributed by atoms with Gasteiger partial charge in [0.1, 0.15) is 16.1 Å². The normalized spacial score (nSPS) is 14.4. The van der Waals surface area contributed by atoms with E-state index in [0.717, 1.165) is 0 Å². The third-order valence-electron chi connectivity index (χ3n) is 13.1. The van der Waals surface area contributed by atoms with E-state index in [-0.39, 0.29) is 0 Å². The Labute approximate surface area is 331 Å². The molecule has 0 bridgehead atoms. The molecule has 0 saturated carbocycles. The fourth-order valence-electron chi connectivity index (χ4n) is 10.6. The van der Waals surface area contributed by atoms with Gasteiger partial charge in [0.25, 0.3) is 0 Å². The smallest absolute Gasteiger partial charge is 0.0623 e. The van der Waals surface area contributed by atoms with Crippen molar-refractivity contribution in [3.8, 4) is 66.8 Å². The van der Waals surface area contributed by atoms with Crippen LogP contribution in [-0.4, -0.2) is 16.1 Å². The largest absolute Gasteiger partial charge is 0.114 e. The molecule has 9 aromatic carbocycles. The molecule has 9 aromatic rings. The SMILES string of the molecule is C[Si]1(C)c2ccccc2-c2cccc(-c3cccc4c(-c5ccc(-c6ccccc6)cc5)c5cccc(-c6cccc7c6[Si](C)(C)c6ccccc6-7)c5cc34)c21. The van der Waals surface area contributed by atoms with Crippen molar-refractivity contribution in [1.82, 2.24) is 0 Å². The van der Waals surface area contributed by atoms with Gasteiger partial charge in [0.15, 0.2) is 0 Å². The van der Waals surface area contributed by atoms with E-state index >= 15 is 0 Å². The average Bonchev–Trinajstić information content (AvgIpc) is 3.63. The Bertz CT molecular complexity index is 2890. The number of benzene rings is 9. The van der Waals surface area contributed by atoms with Crippen LogP contribution in [0.2, 0.25) is 26.2 Å². The molecule has 0 saturated heterocycles. The maximum absolute atomic E-state index is 2.54. The van der Waals surface area contributed by atoms with Gasteiger partial charge in [-0.05, 0) is 115 Å². The molecule has 2 aliphatic rings. The second-order valence-corrected chi connectivity index (χ2v) is 25.4. The summed E-state index contributed by atoms with van der Waals surface area (Å²) in [6.45, 7) is 10.2. The van der Waals surface area contributed by atoms with E-state index in [2.05, 4.69) is 208 Å². The van der Waals surface area contributed by atoms with Crippen molar-refractivity contribution in [2.75, 3.05) is 0 Å². The lowest BCUT2D eigenvalue weighted by molar-refractivity contribution is 1.61. The second kappa shape index (κ2) is 12.2. The van der Waals surface area contributed by atoms with E-state index in [9.17, 15) is 0 Å². The molecule has 11 rings (SSSR count). The molecule has 56 heavy (non-hydrogen) atoms. The van der Waals surface area contributed by atoms with Crippen LogP contribution in [0, 0.1) is 0 Å². The van der Waals surface area contributed by atoms with Gasteiger partial charge in [-0.3, -0.25) is 0 Å². The van der Waals surface area contributed by atoms with Gasteiger partial charge in [-0.1, -0.05) is 202 Å². The molecule has 0 N–H and O–H groups in total. The zero-order chi connectivity index (χ0) is 37.8. The van der Waals surface area contributed by atoms with E-state index in [1.54, 1.807) is 20.7 Å². The van der Waals surface area contributed by atoms with Gasteiger partial charge in [-0.2, -0.15) is 0 Å². The highest BCUT2D eigenvalue weighted by Crippen LogP contribution is 2.45. The van der Waals surface area contributed by atoms with Crippen molar-refractivity contribution >= 4 is 58.4 Å². The second-order valence-electron chi connectivity index (χ2n) is 16.8. The van der Waals surface area contributed by atoms with E-state index < -0.39 is 16.1 Å². The van der Waals surface area contributed by atoms with Crippen molar-refractivity contribution in [2.24, 2.45) is 0 Å². The van der Waals surface area contributed by atoms with E-state index in [4.69, 9.17) is 0 Å². The van der Waals surface area contributed by atoms with Crippen LogP contribution in [0.1, 0.15) is 0 Å². The summed E-state index contributed by atoms with van der Waals surface area (Å²) < 4.78 is 0. The summed E-state index contributed by atoms with van der Waals surface area (Å²) in [6.07, 6.45) is 0. The van der Waals surface area contributed by atoms with Gasteiger partial charge in [0.2, 0.25) is 0 Å². The minimum Gasteiger partial charge on any atom is -0.0623 e. The lowest BCUT2D eigenvalue weighted by atomic mass is 9.85. The summed E-state index contributed by atoms with van der Waals surface area (Å²) in [5.74, 6) is 0. The van der Waals surface area contributed by atoms with Crippen LogP contribution >= 0.6 is 0 Å². The van der Waals surface area contributed by atoms with Crippen molar-refractivity contribution in [1.29, 1.82) is 0 Å². The zero-order valence-corrected chi connectivity index (χ0v) is 34.3. The fraction of sp³-hybridized carbons (Fsp3) is 0.0741. The first-order valence-corrected chi connectivity index (χ1v) is 25.9. The molecular weight excluding hydrogens is 705 g/mol. The number of hydrogen-bond donors (Lipinski definition) is 0. The molecular formula is C54H42Si2. The quantitative estimate of drug-likeness (QED) is 0.124. The lowest BCUT2D eigenvalue weighted by Crippen LogP contribution is -2.50. The van der Waals surface area contributed by atoms with E-state index in [1.807, 2.05) is 0 Å². The standard InChI is InChI=1S/C54H42Si2/c1-55(2)50-28-10-8-18-40(50)46-26-14-24-44(53(46)55)38-20-12-22-42-48(38)34-49-39(45-25-15-27-47-41-19-9-11-29-51(41)56(3,4)54(45)47)21-13-23-43(49)52(42)37-32-30-36(31-33-37)35-16-6-5-7-17-35/h5-34H,1-4H3. The van der Waals surface area contributed by atoms with E-state index in [1.165, 1.54) is 88.3 Å². The van der Waals surface area contributed by atoms with Crippen molar-refractivity contribution in [3.05, 3.63) is 182 Å². The maximum atomic E-state index is 2.54. The van der Waals surface area contributed by atoms with Gasteiger partial charge < -0.3 is 0 Å². The Balaban J connectivity index is 1.22. The first-order valence-electron chi connectivity index (χ1n) is 19.9. The Morgan fingerprint density at radius 1 is 0.268 bits per heavy atom.